The van der Waals surface area contributed by atoms with E-state index < -0.39 is 12.5 Å². The number of benzene rings is 1. The molecule has 1 aliphatic heterocycles. The summed E-state index contributed by atoms with van der Waals surface area (Å²) >= 11 is 0. The van der Waals surface area contributed by atoms with Crippen LogP contribution in [0.5, 0.6) is 11.5 Å². The van der Waals surface area contributed by atoms with Gasteiger partial charge in [0.25, 0.3) is 5.91 Å². The molecule has 0 atom stereocenters. The van der Waals surface area contributed by atoms with Gasteiger partial charge in [0.1, 0.15) is 0 Å². The number of halogens is 2. The van der Waals surface area contributed by atoms with Crippen molar-refractivity contribution in [1.82, 2.24) is 15.1 Å². The summed E-state index contributed by atoms with van der Waals surface area (Å²) < 4.78 is 34.0. The van der Waals surface area contributed by atoms with Crippen molar-refractivity contribution in [3.8, 4) is 11.5 Å². The highest BCUT2D eigenvalue weighted by molar-refractivity contribution is 5.97. The number of alkyl halides is 2. The Labute approximate surface area is 167 Å². The largest absolute Gasteiger partial charge is 0.493 e. The number of rotatable bonds is 7. The number of carbonyl (C=O) groups is 3. The van der Waals surface area contributed by atoms with Crippen molar-refractivity contribution in [2.45, 2.75) is 20.5 Å². The lowest BCUT2D eigenvalue weighted by molar-refractivity contribution is -0.140. The minimum atomic E-state index is -3.02. The van der Waals surface area contributed by atoms with Crippen LogP contribution in [0.15, 0.2) is 18.2 Å². The van der Waals surface area contributed by atoms with Gasteiger partial charge in [0.15, 0.2) is 11.5 Å². The number of ether oxygens (including phenoxy) is 2. The minimum Gasteiger partial charge on any atom is -0.493 e. The van der Waals surface area contributed by atoms with E-state index in [0.717, 1.165) is 0 Å². The zero-order valence-electron chi connectivity index (χ0n) is 16.6. The normalized spacial score (nSPS) is 14.2. The van der Waals surface area contributed by atoms with Crippen molar-refractivity contribution in [2.75, 3.05) is 39.8 Å². The number of methoxy groups -OCH3 is 1. The summed E-state index contributed by atoms with van der Waals surface area (Å²) in [6.45, 7) is 2.15. The fraction of sp³-hybridized carbons (Fsp3) is 0.526. The molecule has 2 rings (SSSR count). The second-order valence-electron chi connectivity index (χ2n) is 6.79. The average Bonchev–Trinajstić information content (AvgIpc) is 2.71. The van der Waals surface area contributed by atoms with E-state index in [4.69, 9.17) is 4.74 Å². The van der Waals surface area contributed by atoms with Crippen molar-refractivity contribution in [3.05, 3.63) is 23.8 Å². The van der Waals surface area contributed by atoms with Crippen LogP contribution in [0, 0.1) is 5.92 Å². The molecular formula is C19H25F2N3O5. The van der Waals surface area contributed by atoms with Crippen LogP contribution in [-0.2, 0) is 9.59 Å². The fourth-order valence-electron chi connectivity index (χ4n) is 2.91. The molecule has 0 bridgehead atoms. The van der Waals surface area contributed by atoms with Gasteiger partial charge < -0.3 is 24.6 Å². The van der Waals surface area contributed by atoms with E-state index in [1.54, 1.807) is 9.80 Å². The highest BCUT2D eigenvalue weighted by atomic mass is 19.3. The van der Waals surface area contributed by atoms with Crippen molar-refractivity contribution < 1.29 is 32.6 Å². The number of amides is 3. The number of hydrogen-bond donors (Lipinski definition) is 1. The Kier molecular flexibility index (Phi) is 7.74. The lowest BCUT2D eigenvalue weighted by Crippen LogP contribution is -2.53. The van der Waals surface area contributed by atoms with Gasteiger partial charge in [-0.1, -0.05) is 13.8 Å². The Hall–Kier alpha value is -2.91. The topological polar surface area (TPSA) is 88.2 Å². The number of hydrogen-bond acceptors (Lipinski definition) is 5. The molecule has 29 heavy (non-hydrogen) atoms. The van der Waals surface area contributed by atoms with Crippen LogP contribution in [0.25, 0.3) is 0 Å². The Balaban J connectivity index is 1.87. The number of piperazine rings is 1. The van der Waals surface area contributed by atoms with E-state index >= 15 is 0 Å². The average molecular weight is 413 g/mol. The number of nitrogens with zero attached hydrogens (tertiary/aromatic N) is 2. The van der Waals surface area contributed by atoms with Gasteiger partial charge in [0, 0.05) is 37.7 Å². The molecule has 0 aromatic heterocycles. The molecule has 0 saturated carbocycles. The zero-order chi connectivity index (χ0) is 21.6. The van der Waals surface area contributed by atoms with E-state index in [1.165, 1.54) is 25.3 Å². The van der Waals surface area contributed by atoms with Crippen molar-refractivity contribution >= 4 is 17.7 Å². The Morgan fingerprint density at radius 2 is 1.69 bits per heavy atom. The van der Waals surface area contributed by atoms with Crippen molar-refractivity contribution in [3.63, 3.8) is 0 Å². The maximum absolute atomic E-state index is 12.4. The Morgan fingerprint density at radius 3 is 2.24 bits per heavy atom. The van der Waals surface area contributed by atoms with E-state index in [-0.39, 0.29) is 41.3 Å². The first-order valence-corrected chi connectivity index (χ1v) is 9.20. The SMILES string of the molecule is COc1cc(C(=O)NCC(=O)N2CCN(C(=O)C(C)C)CC2)ccc1OC(F)F. The molecule has 0 spiro atoms. The molecule has 0 radical (unpaired) electrons. The highest BCUT2D eigenvalue weighted by Gasteiger charge is 2.25. The first kappa shape index (κ1) is 22.4. The van der Waals surface area contributed by atoms with Crippen LogP contribution < -0.4 is 14.8 Å². The summed E-state index contributed by atoms with van der Waals surface area (Å²) in [7, 11) is 1.27. The van der Waals surface area contributed by atoms with Gasteiger partial charge in [0.2, 0.25) is 11.8 Å². The monoisotopic (exact) mass is 413 g/mol. The fourth-order valence-corrected chi connectivity index (χ4v) is 2.91. The predicted molar refractivity (Wildman–Crippen MR) is 100.0 cm³/mol. The molecule has 1 aliphatic rings. The molecule has 8 nitrogen and oxygen atoms in total. The van der Waals surface area contributed by atoms with Crippen molar-refractivity contribution in [2.24, 2.45) is 5.92 Å². The summed E-state index contributed by atoms with van der Waals surface area (Å²) in [5.74, 6) is -1.06. The van der Waals surface area contributed by atoms with Gasteiger partial charge in [-0.15, -0.1) is 0 Å². The molecule has 1 heterocycles. The van der Waals surface area contributed by atoms with Crippen molar-refractivity contribution in [1.29, 1.82) is 0 Å². The molecule has 0 unspecified atom stereocenters. The highest BCUT2D eigenvalue weighted by Crippen LogP contribution is 2.29. The molecule has 1 fully saturated rings. The molecular weight excluding hydrogens is 388 g/mol. The molecule has 3 amide bonds. The second kappa shape index (κ2) is 10.0. The minimum absolute atomic E-state index is 0.0183. The van der Waals surface area contributed by atoms with Gasteiger partial charge >= 0.3 is 6.61 Å². The summed E-state index contributed by atoms with van der Waals surface area (Å²) in [6.07, 6.45) is 0. The first-order chi connectivity index (χ1) is 13.7. The van der Waals surface area contributed by atoms with Gasteiger partial charge in [-0.25, -0.2) is 0 Å². The lowest BCUT2D eigenvalue weighted by atomic mass is 10.1. The molecule has 1 saturated heterocycles. The second-order valence-corrected chi connectivity index (χ2v) is 6.79. The molecule has 1 N–H and O–H groups in total. The summed E-state index contributed by atoms with van der Waals surface area (Å²) in [6, 6.07) is 3.76. The van der Waals surface area contributed by atoms with Crippen LogP contribution in [0.1, 0.15) is 24.2 Å². The number of nitrogens with one attached hydrogen (secondary N) is 1. The van der Waals surface area contributed by atoms with Gasteiger partial charge in [-0.05, 0) is 18.2 Å². The quantitative estimate of drug-likeness (QED) is 0.729. The Bertz CT molecular complexity index is 749. The smallest absolute Gasteiger partial charge is 0.387 e. The maximum Gasteiger partial charge on any atom is 0.387 e. The van der Waals surface area contributed by atoms with E-state index in [0.29, 0.717) is 26.2 Å². The molecule has 1 aromatic carbocycles. The molecule has 0 aliphatic carbocycles. The number of carbonyl (C=O) groups excluding carboxylic acids is 3. The summed E-state index contributed by atoms with van der Waals surface area (Å²) in [5.41, 5.74) is 0.142. The van der Waals surface area contributed by atoms with Gasteiger partial charge in [-0.2, -0.15) is 8.78 Å². The van der Waals surface area contributed by atoms with Crippen LogP contribution in [-0.4, -0.2) is 74.0 Å². The lowest BCUT2D eigenvalue weighted by Gasteiger charge is -2.35. The van der Waals surface area contributed by atoms with E-state index in [2.05, 4.69) is 10.1 Å². The third kappa shape index (κ3) is 6.03. The summed E-state index contributed by atoms with van der Waals surface area (Å²) in [4.78, 5) is 39.9. The summed E-state index contributed by atoms with van der Waals surface area (Å²) in [5, 5.41) is 2.50. The van der Waals surface area contributed by atoms with E-state index in [9.17, 15) is 23.2 Å². The van der Waals surface area contributed by atoms with E-state index in [1.807, 2.05) is 13.8 Å². The van der Waals surface area contributed by atoms with Gasteiger partial charge in [0.05, 0.1) is 13.7 Å². The third-order valence-corrected chi connectivity index (χ3v) is 4.48. The zero-order valence-corrected chi connectivity index (χ0v) is 16.6. The van der Waals surface area contributed by atoms with Gasteiger partial charge in [-0.3, -0.25) is 14.4 Å². The molecule has 10 heteroatoms. The maximum atomic E-state index is 12.4. The van der Waals surface area contributed by atoms with Crippen LogP contribution in [0.2, 0.25) is 0 Å². The van der Waals surface area contributed by atoms with Crippen LogP contribution in [0.3, 0.4) is 0 Å². The first-order valence-electron chi connectivity index (χ1n) is 9.20. The van der Waals surface area contributed by atoms with Crippen LogP contribution >= 0.6 is 0 Å². The predicted octanol–water partition coefficient (Wildman–Crippen LogP) is 1.35. The molecule has 1 aromatic rings. The third-order valence-electron chi connectivity index (χ3n) is 4.48. The van der Waals surface area contributed by atoms with Crippen LogP contribution in [0.4, 0.5) is 8.78 Å². The Morgan fingerprint density at radius 1 is 1.07 bits per heavy atom. The standard InChI is InChI=1S/C19H25F2N3O5/c1-12(2)18(27)24-8-6-23(7-9-24)16(25)11-22-17(26)13-4-5-14(29-19(20)21)15(10-13)28-3/h4-5,10,12,19H,6-9,11H2,1-3H3,(H,22,26). The molecule has 160 valence electrons.